The van der Waals surface area contributed by atoms with Gasteiger partial charge in [-0.15, -0.1) is 0 Å². The van der Waals surface area contributed by atoms with E-state index in [9.17, 15) is 26.3 Å². The molecule has 1 aliphatic rings. The maximum atomic E-state index is 13.2. The second kappa shape index (κ2) is 4.82. The van der Waals surface area contributed by atoms with Crippen molar-refractivity contribution in [2.45, 2.75) is 70.5 Å². The van der Waals surface area contributed by atoms with Gasteiger partial charge in [-0.3, -0.25) is 0 Å². The number of ether oxygens (including phenoxy) is 1. The van der Waals surface area contributed by atoms with Gasteiger partial charge in [-0.25, -0.2) is 0 Å². The molecule has 19 heavy (non-hydrogen) atoms. The molecule has 0 bridgehead atoms. The molecule has 1 aliphatic carbocycles. The zero-order valence-electron chi connectivity index (χ0n) is 11.1. The van der Waals surface area contributed by atoms with Crippen LogP contribution in [0.2, 0.25) is 0 Å². The maximum absolute atomic E-state index is 13.2. The lowest BCUT2D eigenvalue weighted by atomic mass is 9.74. The molecule has 0 spiro atoms. The van der Waals surface area contributed by atoms with E-state index in [-0.39, 0.29) is 12.8 Å². The normalized spacial score (nSPS) is 20.1. The van der Waals surface area contributed by atoms with Crippen molar-refractivity contribution in [3.05, 3.63) is 0 Å². The van der Waals surface area contributed by atoms with Gasteiger partial charge in [-0.1, -0.05) is 33.6 Å². The smallest absolute Gasteiger partial charge is 0.354 e. The third kappa shape index (κ3) is 2.85. The number of hydrogen-bond acceptors (Lipinski definition) is 1. The van der Waals surface area contributed by atoms with E-state index in [2.05, 4.69) is 4.74 Å². The Bertz CT molecular complexity index is 270. The summed E-state index contributed by atoms with van der Waals surface area (Å²) in [5.74, 6) is 0. The first-order chi connectivity index (χ1) is 8.33. The van der Waals surface area contributed by atoms with E-state index in [4.69, 9.17) is 0 Å². The summed E-state index contributed by atoms with van der Waals surface area (Å²) >= 11 is 0. The first-order valence-electron chi connectivity index (χ1n) is 6.14. The SMILES string of the molecule is CC(C)(C)C(OC1CCCC1)(C(F)(F)F)C(F)(F)F. The fraction of sp³-hybridized carbons (Fsp3) is 1.00. The lowest BCUT2D eigenvalue weighted by Gasteiger charge is -2.47. The number of alkyl halides is 6. The Morgan fingerprint density at radius 3 is 1.42 bits per heavy atom. The van der Waals surface area contributed by atoms with Crippen molar-refractivity contribution < 1.29 is 31.1 Å². The van der Waals surface area contributed by atoms with Crippen molar-refractivity contribution in [2.75, 3.05) is 0 Å². The summed E-state index contributed by atoms with van der Waals surface area (Å²) in [6, 6.07) is 0. The molecule has 1 saturated carbocycles. The zero-order valence-corrected chi connectivity index (χ0v) is 11.1. The van der Waals surface area contributed by atoms with Crippen LogP contribution >= 0.6 is 0 Å². The summed E-state index contributed by atoms with van der Waals surface area (Å²) in [7, 11) is 0. The van der Waals surface area contributed by atoms with Gasteiger partial charge in [0.1, 0.15) is 0 Å². The lowest BCUT2D eigenvalue weighted by Crippen LogP contribution is -2.67. The second-order valence-electron chi connectivity index (χ2n) is 5.95. The Kier molecular flexibility index (Phi) is 4.21. The average Bonchev–Trinajstić information content (AvgIpc) is 2.59. The Hall–Kier alpha value is -0.460. The minimum atomic E-state index is -5.51. The molecule has 114 valence electrons. The van der Waals surface area contributed by atoms with Crippen LogP contribution in [-0.2, 0) is 4.74 Å². The van der Waals surface area contributed by atoms with Gasteiger partial charge >= 0.3 is 12.4 Å². The minimum absolute atomic E-state index is 0.240. The fourth-order valence-electron chi connectivity index (χ4n) is 2.58. The highest BCUT2D eigenvalue weighted by Gasteiger charge is 2.77. The largest absolute Gasteiger partial charge is 0.427 e. The van der Waals surface area contributed by atoms with E-state index < -0.39 is 29.5 Å². The van der Waals surface area contributed by atoms with Crippen molar-refractivity contribution in [1.82, 2.24) is 0 Å². The van der Waals surface area contributed by atoms with Gasteiger partial charge in [-0.2, -0.15) is 26.3 Å². The third-order valence-corrected chi connectivity index (χ3v) is 3.50. The van der Waals surface area contributed by atoms with Gasteiger partial charge in [0, 0.05) is 5.41 Å². The van der Waals surface area contributed by atoms with Crippen molar-refractivity contribution in [3.63, 3.8) is 0 Å². The molecule has 0 aromatic carbocycles. The molecule has 0 aromatic rings. The van der Waals surface area contributed by atoms with Crippen LogP contribution in [0, 0.1) is 5.41 Å². The van der Waals surface area contributed by atoms with E-state index in [0.29, 0.717) is 12.8 Å². The number of rotatable bonds is 2. The Labute approximate surface area is 108 Å². The van der Waals surface area contributed by atoms with Gasteiger partial charge in [0.2, 0.25) is 0 Å². The van der Waals surface area contributed by atoms with Crippen LogP contribution in [0.5, 0.6) is 0 Å². The van der Waals surface area contributed by atoms with Crippen molar-refractivity contribution >= 4 is 0 Å². The molecule has 0 amide bonds. The molecule has 1 rings (SSSR count). The maximum Gasteiger partial charge on any atom is 0.427 e. The van der Waals surface area contributed by atoms with Gasteiger partial charge in [0.25, 0.3) is 5.60 Å². The van der Waals surface area contributed by atoms with E-state index in [1.165, 1.54) is 0 Å². The summed E-state index contributed by atoms with van der Waals surface area (Å²) in [4.78, 5) is 0. The van der Waals surface area contributed by atoms with Gasteiger partial charge in [-0.05, 0) is 12.8 Å². The van der Waals surface area contributed by atoms with Gasteiger partial charge in [0.15, 0.2) is 0 Å². The van der Waals surface area contributed by atoms with Crippen LogP contribution in [-0.4, -0.2) is 24.1 Å². The molecule has 0 N–H and O–H groups in total. The van der Waals surface area contributed by atoms with Crippen molar-refractivity contribution in [1.29, 1.82) is 0 Å². The number of halogens is 6. The molecule has 1 nitrogen and oxygen atoms in total. The summed E-state index contributed by atoms with van der Waals surface area (Å²) in [5.41, 5.74) is -6.26. The molecule has 0 aliphatic heterocycles. The van der Waals surface area contributed by atoms with Crippen LogP contribution in [0.4, 0.5) is 26.3 Å². The molecule has 0 aromatic heterocycles. The molecule has 0 unspecified atom stereocenters. The number of hydrogen-bond donors (Lipinski definition) is 0. The molecule has 0 radical (unpaired) electrons. The highest BCUT2D eigenvalue weighted by Crippen LogP contribution is 2.56. The Balaban J connectivity index is 3.27. The monoisotopic (exact) mass is 292 g/mol. The van der Waals surface area contributed by atoms with Crippen molar-refractivity contribution in [3.8, 4) is 0 Å². The fourth-order valence-corrected chi connectivity index (χ4v) is 2.58. The summed E-state index contributed by atoms with van der Waals surface area (Å²) in [6.07, 6.45) is -10.3. The first kappa shape index (κ1) is 16.6. The minimum Gasteiger partial charge on any atom is -0.354 e. The van der Waals surface area contributed by atoms with E-state index in [0.717, 1.165) is 20.8 Å². The molecule has 0 heterocycles. The van der Waals surface area contributed by atoms with Crippen LogP contribution in [0.3, 0.4) is 0 Å². The lowest BCUT2D eigenvalue weighted by molar-refractivity contribution is -0.418. The average molecular weight is 292 g/mol. The zero-order chi connectivity index (χ0) is 15.1. The summed E-state index contributed by atoms with van der Waals surface area (Å²) < 4.78 is 83.7. The Morgan fingerprint density at radius 2 is 1.16 bits per heavy atom. The quantitative estimate of drug-likeness (QED) is 0.661. The highest BCUT2D eigenvalue weighted by molar-refractivity contribution is 5.05. The summed E-state index contributed by atoms with van der Waals surface area (Å²) in [6.45, 7) is 2.72. The van der Waals surface area contributed by atoms with E-state index in [1.54, 1.807) is 0 Å². The molecular weight excluding hydrogens is 274 g/mol. The van der Waals surface area contributed by atoms with Gasteiger partial charge < -0.3 is 4.74 Å². The van der Waals surface area contributed by atoms with E-state index in [1.807, 2.05) is 0 Å². The summed E-state index contributed by atoms with van der Waals surface area (Å²) in [5, 5.41) is 0. The second-order valence-corrected chi connectivity index (χ2v) is 5.95. The molecule has 0 saturated heterocycles. The first-order valence-corrected chi connectivity index (χ1v) is 6.14. The topological polar surface area (TPSA) is 9.23 Å². The van der Waals surface area contributed by atoms with Crippen LogP contribution in [0.1, 0.15) is 46.5 Å². The van der Waals surface area contributed by atoms with Crippen molar-refractivity contribution in [2.24, 2.45) is 5.41 Å². The predicted octanol–water partition coefficient (Wildman–Crippen LogP) is 4.86. The third-order valence-electron chi connectivity index (χ3n) is 3.50. The highest BCUT2D eigenvalue weighted by atomic mass is 19.4. The molecule has 1 fully saturated rings. The Morgan fingerprint density at radius 1 is 0.789 bits per heavy atom. The standard InChI is InChI=1S/C12H18F6O/c1-9(2,3)10(11(13,14)15,12(16,17)18)19-8-6-4-5-7-8/h8H,4-7H2,1-3H3. The molecular formula is C12H18F6O. The van der Waals surface area contributed by atoms with Crippen LogP contribution in [0.15, 0.2) is 0 Å². The van der Waals surface area contributed by atoms with Crippen LogP contribution in [0.25, 0.3) is 0 Å². The predicted molar refractivity (Wildman–Crippen MR) is 57.6 cm³/mol. The van der Waals surface area contributed by atoms with Crippen LogP contribution < -0.4 is 0 Å². The molecule has 0 atom stereocenters. The molecule has 7 heteroatoms. The van der Waals surface area contributed by atoms with Gasteiger partial charge in [0.05, 0.1) is 6.10 Å². The van der Waals surface area contributed by atoms with E-state index >= 15 is 0 Å².